The third-order valence-corrected chi connectivity index (χ3v) is 3.51. The van der Waals surface area contributed by atoms with E-state index in [0.717, 1.165) is 13.0 Å². The molecule has 0 N–H and O–H groups in total. The maximum atomic E-state index is 5.50. The summed E-state index contributed by atoms with van der Waals surface area (Å²) >= 11 is 2.42. The normalized spacial score (nSPS) is 10.8. The van der Waals surface area contributed by atoms with Gasteiger partial charge in [-0.15, -0.1) is 0 Å². The Kier molecular flexibility index (Phi) is 21.2. The highest BCUT2D eigenvalue weighted by molar-refractivity contribution is 14.1. The minimum Gasteiger partial charge on any atom is -0.499 e. The number of ether oxygens (including phenoxy) is 5. The van der Waals surface area contributed by atoms with Crippen LogP contribution in [0, 0.1) is 0 Å². The van der Waals surface area contributed by atoms with E-state index in [9.17, 15) is 0 Å². The maximum absolute atomic E-state index is 5.50. The van der Waals surface area contributed by atoms with Gasteiger partial charge < -0.3 is 23.7 Å². The molecule has 0 amide bonds. The molecule has 0 bridgehead atoms. The number of unbranched alkanes of at least 4 members (excludes halogenated alkanes) is 3. The van der Waals surface area contributed by atoms with Crippen molar-refractivity contribution in [3.8, 4) is 0 Å². The predicted octanol–water partition coefficient (Wildman–Crippen LogP) is 3.21. The van der Waals surface area contributed by atoms with E-state index in [0.29, 0.717) is 52.9 Å². The lowest BCUT2D eigenvalue weighted by Gasteiger charge is -2.07. The highest BCUT2D eigenvalue weighted by Gasteiger charge is 1.93. The molecule has 0 rings (SSSR count). The monoisotopic (exact) mass is 430 g/mol. The summed E-state index contributed by atoms with van der Waals surface area (Å²) in [5.41, 5.74) is 0. The van der Waals surface area contributed by atoms with E-state index >= 15 is 0 Å². The Morgan fingerprint density at radius 3 is 1.55 bits per heavy atom. The van der Waals surface area contributed by atoms with Gasteiger partial charge in [0.05, 0.1) is 52.5 Å². The molecule has 0 aliphatic carbocycles. The van der Waals surface area contributed by atoms with Crippen molar-refractivity contribution in [3.63, 3.8) is 0 Å². The topological polar surface area (TPSA) is 46.2 Å². The van der Waals surface area contributed by atoms with Crippen LogP contribution in [-0.2, 0) is 23.7 Å². The number of rotatable bonds is 19. The molecule has 0 fully saturated rings. The fraction of sp³-hybridized carbons (Fsp3) is 0.875. The van der Waals surface area contributed by atoms with Crippen LogP contribution in [0.4, 0.5) is 0 Å². The second kappa shape index (κ2) is 21.1. The van der Waals surface area contributed by atoms with E-state index in [2.05, 4.69) is 29.2 Å². The first-order chi connectivity index (χ1) is 10.9. The van der Waals surface area contributed by atoms with Crippen molar-refractivity contribution in [3.05, 3.63) is 12.8 Å². The molecule has 6 heteroatoms. The summed E-state index contributed by atoms with van der Waals surface area (Å²) in [7, 11) is 0. The van der Waals surface area contributed by atoms with Gasteiger partial charge >= 0.3 is 0 Å². The first-order valence-corrected chi connectivity index (χ1v) is 9.53. The summed E-state index contributed by atoms with van der Waals surface area (Å²) in [6, 6.07) is 0. The van der Waals surface area contributed by atoms with Gasteiger partial charge in [-0.25, -0.2) is 0 Å². The Morgan fingerprint density at radius 1 is 0.591 bits per heavy atom. The second-order valence-electron chi connectivity index (χ2n) is 4.59. The molecule has 0 aromatic carbocycles. The van der Waals surface area contributed by atoms with E-state index in [1.807, 2.05) is 0 Å². The average molecular weight is 430 g/mol. The van der Waals surface area contributed by atoms with Crippen molar-refractivity contribution in [2.75, 3.05) is 63.9 Å². The van der Waals surface area contributed by atoms with Crippen molar-refractivity contribution in [2.24, 2.45) is 0 Å². The Labute approximate surface area is 148 Å². The van der Waals surface area contributed by atoms with Gasteiger partial charge in [-0.2, -0.15) is 0 Å². The molecule has 5 nitrogen and oxygen atoms in total. The zero-order chi connectivity index (χ0) is 16.1. The molecule has 0 unspecified atom stereocenters. The number of hydrogen-bond acceptors (Lipinski definition) is 5. The van der Waals surface area contributed by atoms with E-state index in [1.165, 1.54) is 30.0 Å². The third kappa shape index (κ3) is 20.1. The van der Waals surface area contributed by atoms with Gasteiger partial charge in [0.1, 0.15) is 6.61 Å². The molecule has 0 aromatic rings. The molecule has 0 aromatic heterocycles. The number of hydrogen-bond donors (Lipinski definition) is 0. The molecule has 0 saturated carbocycles. The van der Waals surface area contributed by atoms with Gasteiger partial charge in [-0.3, -0.25) is 0 Å². The molecule has 0 radical (unpaired) electrons. The molecule has 0 aliphatic heterocycles. The van der Waals surface area contributed by atoms with Crippen LogP contribution >= 0.6 is 22.6 Å². The summed E-state index contributed by atoms with van der Waals surface area (Å²) < 4.78 is 27.7. The summed E-state index contributed by atoms with van der Waals surface area (Å²) in [5.74, 6) is 0. The van der Waals surface area contributed by atoms with Crippen molar-refractivity contribution in [1.29, 1.82) is 0 Å². The van der Waals surface area contributed by atoms with Crippen LogP contribution in [0.2, 0.25) is 0 Å². The molecule has 0 heterocycles. The molecule has 132 valence electrons. The standard InChI is InChI=1S/C16H31IO5/c1-2-18-9-10-20-13-14-22-16-15-21-12-11-19-8-6-4-3-5-7-17/h2H,1,3-16H2. The minimum atomic E-state index is 0.533. The van der Waals surface area contributed by atoms with Gasteiger partial charge in [0.15, 0.2) is 0 Å². The molecule has 0 saturated heterocycles. The first kappa shape index (κ1) is 22.1. The van der Waals surface area contributed by atoms with Crippen molar-refractivity contribution < 1.29 is 23.7 Å². The van der Waals surface area contributed by atoms with Crippen molar-refractivity contribution in [2.45, 2.75) is 25.7 Å². The quantitative estimate of drug-likeness (QED) is 0.136. The van der Waals surface area contributed by atoms with E-state index in [-0.39, 0.29) is 0 Å². The Hall–Kier alpha value is 0.110. The van der Waals surface area contributed by atoms with E-state index < -0.39 is 0 Å². The Bertz CT molecular complexity index is 217. The average Bonchev–Trinajstić information content (AvgIpc) is 2.54. The van der Waals surface area contributed by atoms with Crippen molar-refractivity contribution >= 4 is 22.6 Å². The molecule has 0 atom stereocenters. The van der Waals surface area contributed by atoms with Crippen LogP contribution in [0.5, 0.6) is 0 Å². The zero-order valence-corrected chi connectivity index (χ0v) is 15.8. The smallest absolute Gasteiger partial charge is 0.111 e. The van der Waals surface area contributed by atoms with Crippen LogP contribution in [-0.4, -0.2) is 63.9 Å². The molecular formula is C16H31IO5. The van der Waals surface area contributed by atoms with Gasteiger partial charge in [0, 0.05) is 6.61 Å². The van der Waals surface area contributed by atoms with Gasteiger partial charge in [-0.05, 0) is 17.3 Å². The zero-order valence-electron chi connectivity index (χ0n) is 13.6. The lowest BCUT2D eigenvalue weighted by atomic mass is 10.2. The minimum absolute atomic E-state index is 0.533. The SMILES string of the molecule is C=COCCOCCOCCOCCOCCCCCCI. The molecule has 22 heavy (non-hydrogen) atoms. The molecule has 0 spiro atoms. The summed E-state index contributed by atoms with van der Waals surface area (Å²) in [6.45, 7) is 9.00. The first-order valence-electron chi connectivity index (χ1n) is 8.01. The lowest BCUT2D eigenvalue weighted by Crippen LogP contribution is -2.13. The van der Waals surface area contributed by atoms with Gasteiger partial charge in [0.2, 0.25) is 0 Å². The Balaban J connectivity index is 2.92. The molecular weight excluding hydrogens is 399 g/mol. The maximum Gasteiger partial charge on any atom is 0.111 e. The Morgan fingerprint density at radius 2 is 1.05 bits per heavy atom. The highest BCUT2D eigenvalue weighted by Crippen LogP contribution is 2.02. The third-order valence-electron chi connectivity index (χ3n) is 2.75. The second-order valence-corrected chi connectivity index (χ2v) is 5.67. The van der Waals surface area contributed by atoms with E-state index in [1.54, 1.807) is 0 Å². The van der Waals surface area contributed by atoms with Crippen LogP contribution in [0.25, 0.3) is 0 Å². The highest BCUT2D eigenvalue weighted by atomic mass is 127. The van der Waals surface area contributed by atoms with Gasteiger partial charge in [0.25, 0.3) is 0 Å². The number of alkyl halides is 1. The molecule has 0 aliphatic rings. The van der Waals surface area contributed by atoms with E-state index in [4.69, 9.17) is 23.7 Å². The van der Waals surface area contributed by atoms with Crippen LogP contribution < -0.4 is 0 Å². The fourth-order valence-electron chi connectivity index (χ4n) is 1.60. The summed E-state index contributed by atoms with van der Waals surface area (Å²) in [5, 5.41) is 0. The van der Waals surface area contributed by atoms with Gasteiger partial charge in [-0.1, -0.05) is 42.0 Å². The lowest BCUT2D eigenvalue weighted by molar-refractivity contribution is -0.00637. The van der Waals surface area contributed by atoms with Crippen LogP contribution in [0.1, 0.15) is 25.7 Å². The summed E-state index contributed by atoms with van der Waals surface area (Å²) in [6.07, 6.45) is 6.45. The number of halogens is 1. The largest absolute Gasteiger partial charge is 0.499 e. The van der Waals surface area contributed by atoms with Crippen LogP contribution in [0.15, 0.2) is 12.8 Å². The van der Waals surface area contributed by atoms with Crippen molar-refractivity contribution in [1.82, 2.24) is 0 Å². The fourth-order valence-corrected chi connectivity index (χ4v) is 2.14. The summed E-state index contributed by atoms with van der Waals surface area (Å²) in [4.78, 5) is 0. The van der Waals surface area contributed by atoms with Crippen LogP contribution in [0.3, 0.4) is 0 Å². The predicted molar refractivity (Wildman–Crippen MR) is 96.8 cm³/mol.